The zero-order chi connectivity index (χ0) is 23.3. The Kier molecular flexibility index (Phi) is 7.93. The fraction of sp³-hybridized carbons (Fsp3) is 0.375. The van der Waals surface area contributed by atoms with Crippen molar-refractivity contribution in [3.8, 4) is 5.75 Å². The van der Waals surface area contributed by atoms with Crippen LogP contribution in [0, 0.1) is 5.92 Å². The maximum atomic E-state index is 13.3. The van der Waals surface area contributed by atoms with Crippen molar-refractivity contribution < 1.29 is 14.3 Å². The van der Waals surface area contributed by atoms with Gasteiger partial charge in [0, 0.05) is 12.8 Å². The van der Waals surface area contributed by atoms with Crippen LogP contribution in [0.3, 0.4) is 0 Å². The fourth-order valence-electron chi connectivity index (χ4n) is 3.41. The van der Waals surface area contributed by atoms with E-state index in [2.05, 4.69) is 5.32 Å². The summed E-state index contributed by atoms with van der Waals surface area (Å²) in [5.41, 5.74) is 1.15. The average molecular weight is 456 g/mol. The minimum absolute atomic E-state index is 0.00722. The number of anilines is 1. The van der Waals surface area contributed by atoms with E-state index in [4.69, 9.17) is 14.5 Å². The number of carbonyl (C=O) groups is 1. The molecule has 0 radical (unpaired) electrons. The highest BCUT2D eigenvalue weighted by Crippen LogP contribution is 2.30. The number of thioether (sulfide) groups is 1. The van der Waals surface area contributed by atoms with E-state index >= 15 is 0 Å². The Labute approximate surface area is 192 Å². The van der Waals surface area contributed by atoms with Crippen LogP contribution in [-0.4, -0.2) is 41.5 Å². The van der Waals surface area contributed by atoms with Gasteiger partial charge in [-0.1, -0.05) is 37.7 Å². The lowest BCUT2D eigenvalue weighted by Crippen LogP contribution is -2.33. The number of nitrogens with one attached hydrogen (secondary N) is 1. The van der Waals surface area contributed by atoms with Gasteiger partial charge in [0.25, 0.3) is 5.56 Å². The van der Waals surface area contributed by atoms with Gasteiger partial charge in [-0.05, 0) is 49.2 Å². The lowest BCUT2D eigenvalue weighted by Gasteiger charge is -2.24. The third-order valence-corrected chi connectivity index (χ3v) is 6.59. The number of fused-ring (bicyclic) bond motifs is 1. The van der Waals surface area contributed by atoms with Gasteiger partial charge in [0.05, 0.1) is 35.9 Å². The number of rotatable bonds is 9. The summed E-state index contributed by atoms with van der Waals surface area (Å²) < 4.78 is 12.1. The highest BCUT2D eigenvalue weighted by molar-refractivity contribution is 8.00. The Balaban J connectivity index is 1.96. The Bertz CT molecular complexity index is 1130. The molecule has 3 rings (SSSR count). The zero-order valence-electron chi connectivity index (χ0n) is 19.0. The second-order valence-corrected chi connectivity index (χ2v) is 9.00. The molecule has 170 valence electrons. The quantitative estimate of drug-likeness (QED) is 0.381. The maximum Gasteiger partial charge on any atom is 0.262 e. The van der Waals surface area contributed by atoms with Crippen molar-refractivity contribution >= 4 is 34.3 Å². The van der Waals surface area contributed by atoms with Crippen LogP contribution < -0.4 is 15.6 Å². The van der Waals surface area contributed by atoms with Crippen LogP contribution in [0.5, 0.6) is 5.75 Å². The van der Waals surface area contributed by atoms with Crippen LogP contribution in [0.25, 0.3) is 10.9 Å². The second-order valence-electron chi connectivity index (χ2n) is 7.89. The second kappa shape index (κ2) is 10.7. The molecule has 1 heterocycles. The number of aromatic nitrogens is 2. The highest BCUT2D eigenvalue weighted by Gasteiger charge is 2.27. The van der Waals surface area contributed by atoms with E-state index in [1.165, 1.54) is 11.8 Å². The average Bonchev–Trinajstić information content (AvgIpc) is 2.78. The molecule has 0 aliphatic rings. The number of benzene rings is 2. The van der Waals surface area contributed by atoms with Gasteiger partial charge in [0.15, 0.2) is 5.16 Å². The molecule has 1 aromatic heterocycles. The van der Waals surface area contributed by atoms with E-state index < -0.39 is 5.25 Å². The minimum atomic E-state index is -0.453. The van der Waals surface area contributed by atoms with Gasteiger partial charge in [-0.2, -0.15) is 0 Å². The molecule has 0 aliphatic carbocycles. The number of carbonyl (C=O) groups excluding carboxylic acids is 1. The molecule has 0 bridgehead atoms. The smallest absolute Gasteiger partial charge is 0.262 e. The number of para-hydroxylation sites is 1. The Morgan fingerprint density at radius 2 is 1.78 bits per heavy atom. The summed E-state index contributed by atoms with van der Waals surface area (Å²) in [5, 5.41) is 3.56. The van der Waals surface area contributed by atoms with Crippen molar-refractivity contribution in [3.63, 3.8) is 0 Å². The Morgan fingerprint density at radius 1 is 1.09 bits per heavy atom. The van der Waals surface area contributed by atoms with Crippen molar-refractivity contribution in [1.29, 1.82) is 0 Å². The predicted octanol–water partition coefficient (Wildman–Crippen LogP) is 4.37. The van der Waals surface area contributed by atoms with E-state index in [1.54, 1.807) is 49.1 Å². The normalized spacial score (nSPS) is 13.2. The van der Waals surface area contributed by atoms with E-state index in [9.17, 15) is 9.59 Å². The molecule has 0 saturated heterocycles. The van der Waals surface area contributed by atoms with Crippen molar-refractivity contribution in [1.82, 2.24) is 9.55 Å². The van der Waals surface area contributed by atoms with Gasteiger partial charge in [0.1, 0.15) is 5.75 Å². The van der Waals surface area contributed by atoms with Crippen LogP contribution in [0.1, 0.15) is 26.8 Å². The Morgan fingerprint density at radius 3 is 2.41 bits per heavy atom. The molecular formula is C24H29N3O4S. The number of hydrogen-bond acceptors (Lipinski definition) is 6. The maximum absolute atomic E-state index is 13.3. The lowest BCUT2D eigenvalue weighted by molar-refractivity contribution is -0.116. The molecule has 0 spiro atoms. The minimum Gasteiger partial charge on any atom is -0.497 e. The molecule has 2 atom stereocenters. The molecule has 0 saturated carbocycles. The van der Waals surface area contributed by atoms with Crippen LogP contribution in [0.15, 0.2) is 58.5 Å². The molecule has 3 aromatic rings. The van der Waals surface area contributed by atoms with Crippen LogP contribution >= 0.6 is 11.8 Å². The summed E-state index contributed by atoms with van der Waals surface area (Å²) in [7, 11) is 3.20. The summed E-state index contributed by atoms with van der Waals surface area (Å²) in [5.74, 6) is 0.575. The first-order valence-corrected chi connectivity index (χ1v) is 11.4. The number of amides is 1. The topological polar surface area (TPSA) is 82.4 Å². The molecule has 8 heteroatoms. The number of nitrogens with zero attached hydrogens (tertiary/aromatic N) is 2. The molecule has 2 aromatic carbocycles. The van der Waals surface area contributed by atoms with Gasteiger partial charge in [0.2, 0.25) is 5.91 Å². The van der Waals surface area contributed by atoms with Crippen molar-refractivity contribution in [2.45, 2.75) is 37.2 Å². The van der Waals surface area contributed by atoms with E-state index in [0.29, 0.717) is 34.1 Å². The van der Waals surface area contributed by atoms with Crippen molar-refractivity contribution in [2.75, 3.05) is 26.1 Å². The van der Waals surface area contributed by atoms with Crippen LogP contribution in [0.2, 0.25) is 0 Å². The molecular weight excluding hydrogens is 426 g/mol. The third kappa shape index (κ3) is 5.31. The standard InChI is InChI=1S/C24H29N3O4S/c1-15(2)21(22(28)25-17-10-12-18(31-5)13-11-17)32-24-26-20-9-7-6-8-19(20)23(29)27(24)16(3)14-30-4/h6-13,15-16,21H,14H2,1-5H3,(H,25,28). The van der Waals surface area contributed by atoms with Crippen LogP contribution in [0.4, 0.5) is 5.69 Å². The van der Waals surface area contributed by atoms with E-state index in [1.807, 2.05) is 39.0 Å². The summed E-state index contributed by atoms with van der Waals surface area (Å²) in [4.78, 5) is 31.2. The molecule has 0 aliphatic heterocycles. The monoisotopic (exact) mass is 455 g/mol. The highest BCUT2D eigenvalue weighted by atomic mass is 32.2. The molecule has 7 nitrogen and oxygen atoms in total. The summed E-state index contributed by atoms with van der Waals surface area (Å²) in [6, 6.07) is 14.2. The summed E-state index contributed by atoms with van der Waals surface area (Å²) >= 11 is 1.30. The van der Waals surface area contributed by atoms with Gasteiger partial charge in [-0.25, -0.2) is 4.98 Å². The van der Waals surface area contributed by atoms with E-state index in [-0.39, 0.29) is 23.4 Å². The van der Waals surface area contributed by atoms with Gasteiger partial charge in [-0.15, -0.1) is 0 Å². The van der Waals surface area contributed by atoms with E-state index in [0.717, 1.165) is 0 Å². The molecule has 2 unspecified atom stereocenters. The molecule has 1 N–H and O–H groups in total. The SMILES string of the molecule is COCC(C)n1c(SC(C(=O)Nc2ccc(OC)cc2)C(C)C)nc2ccccc2c1=O. The predicted molar refractivity (Wildman–Crippen MR) is 129 cm³/mol. The first-order valence-electron chi connectivity index (χ1n) is 10.5. The molecule has 1 amide bonds. The van der Waals surface area contributed by atoms with Crippen molar-refractivity contribution in [2.24, 2.45) is 5.92 Å². The van der Waals surface area contributed by atoms with Gasteiger partial charge >= 0.3 is 0 Å². The lowest BCUT2D eigenvalue weighted by atomic mass is 10.1. The first kappa shape index (κ1) is 23.8. The Hall–Kier alpha value is -2.84. The zero-order valence-corrected chi connectivity index (χ0v) is 19.8. The summed E-state index contributed by atoms with van der Waals surface area (Å²) in [6.45, 7) is 6.23. The van der Waals surface area contributed by atoms with Crippen molar-refractivity contribution in [3.05, 3.63) is 58.9 Å². The van der Waals surface area contributed by atoms with Gasteiger partial charge < -0.3 is 14.8 Å². The third-order valence-electron chi connectivity index (χ3n) is 5.08. The molecule has 32 heavy (non-hydrogen) atoms. The largest absolute Gasteiger partial charge is 0.497 e. The van der Waals surface area contributed by atoms with Gasteiger partial charge in [-0.3, -0.25) is 14.2 Å². The first-order chi connectivity index (χ1) is 15.3. The number of hydrogen-bond donors (Lipinski definition) is 1. The molecule has 0 fully saturated rings. The van der Waals surface area contributed by atoms with Crippen LogP contribution in [-0.2, 0) is 9.53 Å². The number of methoxy groups -OCH3 is 2. The fourth-order valence-corrected chi connectivity index (χ4v) is 4.60. The number of ether oxygens (including phenoxy) is 2. The summed E-state index contributed by atoms with van der Waals surface area (Å²) in [6.07, 6.45) is 0.